The number of aromatic nitrogens is 1. The van der Waals surface area contributed by atoms with Crippen molar-refractivity contribution in [2.24, 2.45) is 5.92 Å². The predicted octanol–water partition coefficient (Wildman–Crippen LogP) is 3.66. The number of rotatable bonds is 6. The van der Waals surface area contributed by atoms with Gasteiger partial charge in [-0.05, 0) is 36.1 Å². The first-order valence-corrected chi connectivity index (χ1v) is 7.79. The van der Waals surface area contributed by atoms with Crippen molar-refractivity contribution >= 4 is 5.82 Å². The number of para-hydroxylation sites is 2. The molecule has 0 aliphatic carbocycles. The van der Waals surface area contributed by atoms with Crippen molar-refractivity contribution in [3.63, 3.8) is 0 Å². The molecule has 4 heteroatoms. The minimum atomic E-state index is 0.441. The van der Waals surface area contributed by atoms with E-state index in [4.69, 9.17) is 9.47 Å². The fraction of sp³-hybridized carbons (Fsp3) is 0.389. The molecular formula is C18H22N2O2. The average molecular weight is 298 g/mol. The van der Waals surface area contributed by atoms with Gasteiger partial charge in [-0.1, -0.05) is 32.0 Å². The fourth-order valence-corrected chi connectivity index (χ4v) is 2.38. The van der Waals surface area contributed by atoms with E-state index in [9.17, 15) is 0 Å². The molecule has 1 aromatic heterocycles. The van der Waals surface area contributed by atoms with E-state index in [0.29, 0.717) is 19.1 Å². The van der Waals surface area contributed by atoms with Gasteiger partial charge >= 0.3 is 0 Å². The Hall–Kier alpha value is -2.23. The van der Waals surface area contributed by atoms with Gasteiger partial charge in [-0.25, -0.2) is 4.98 Å². The monoisotopic (exact) mass is 298 g/mol. The molecular weight excluding hydrogens is 276 g/mol. The summed E-state index contributed by atoms with van der Waals surface area (Å²) in [4.78, 5) is 4.60. The molecule has 116 valence electrons. The summed E-state index contributed by atoms with van der Waals surface area (Å²) in [7, 11) is 0. The third-order valence-electron chi connectivity index (χ3n) is 3.52. The molecule has 2 aromatic rings. The van der Waals surface area contributed by atoms with E-state index >= 15 is 0 Å². The highest BCUT2D eigenvalue weighted by Gasteiger charge is 2.12. The van der Waals surface area contributed by atoms with Gasteiger partial charge in [-0.15, -0.1) is 0 Å². The lowest BCUT2D eigenvalue weighted by Crippen LogP contribution is -2.06. The number of pyridine rings is 1. The van der Waals surface area contributed by atoms with Gasteiger partial charge in [0.15, 0.2) is 11.5 Å². The van der Waals surface area contributed by atoms with E-state index in [1.54, 1.807) is 0 Å². The van der Waals surface area contributed by atoms with E-state index in [1.807, 2.05) is 30.3 Å². The summed E-state index contributed by atoms with van der Waals surface area (Å²) in [5, 5.41) is 3.29. The van der Waals surface area contributed by atoms with Crippen molar-refractivity contribution in [3.8, 4) is 11.5 Å². The Balaban J connectivity index is 1.66. The van der Waals surface area contributed by atoms with Crippen molar-refractivity contribution < 1.29 is 9.47 Å². The van der Waals surface area contributed by atoms with Crippen LogP contribution in [0.1, 0.15) is 25.1 Å². The number of fused-ring (bicyclic) bond motifs is 1. The van der Waals surface area contributed by atoms with Crippen LogP contribution in [-0.4, -0.2) is 18.1 Å². The molecule has 3 rings (SSSR count). The molecule has 0 fully saturated rings. The van der Waals surface area contributed by atoms with Crippen molar-refractivity contribution in [2.45, 2.75) is 26.9 Å². The average Bonchev–Trinajstić information content (AvgIpc) is 2.99. The largest absolute Gasteiger partial charge is 0.489 e. The number of nitrogens with one attached hydrogen (secondary N) is 1. The summed E-state index contributed by atoms with van der Waals surface area (Å²) in [6, 6.07) is 11.9. The van der Waals surface area contributed by atoms with Crippen LogP contribution in [0.15, 0.2) is 36.4 Å². The fourth-order valence-electron chi connectivity index (χ4n) is 2.38. The standard InChI is InChI=1S/C18H22N2O2/c1-13(2)11-21-16-5-3-4-6-17(16)22-12-15-8-7-14-9-10-19-18(14)20-15/h3-8,13H,9-12H2,1-2H3,(H,19,20). The van der Waals surface area contributed by atoms with Crippen molar-refractivity contribution in [1.82, 2.24) is 4.98 Å². The number of ether oxygens (including phenoxy) is 2. The maximum absolute atomic E-state index is 5.90. The molecule has 4 nitrogen and oxygen atoms in total. The zero-order valence-corrected chi connectivity index (χ0v) is 13.1. The zero-order chi connectivity index (χ0) is 15.4. The van der Waals surface area contributed by atoms with Crippen molar-refractivity contribution in [1.29, 1.82) is 0 Å². The molecule has 0 unspecified atom stereocenters. The van der Waals surface area contributed by atoms with Crippen LogP contribution < -0.4 is 14.8 Å². The summed E-state index contributed by atoms with van der Waals surface area (Å²) in [6.07, 6.45) is 1.05. The molecule has 1 aliphatic heterocycles. The minimum absolute atomic E-state index is 0.441. The molecule has 0 bridgehead atoms. The van der Waals surface area contributed by atoms with E-state index in [-0.39, 0.29) is 0 Å². The van der Waals surface area contributed by atoms with Crippen LogP contribution in [0.25, 0.3) is 0 Å². The zero-order valence-electron chi connectivity index (χ0n) is 13.1. The van der Waals surface area contributed by atoms with E-state index in [0.717, 1.165) is 36.0 Å². The first kappa shape index (κ1) is 14.7. The van der Waals surface area contributed by atoms with E-state index < -0.39 is 0 Å². The quantitative estimate of drug-likeness (QED) is 0.884. The normalized spacial score (nSPS) is 12.9. The lowest BCUT2D eigenvalue weighted by molar-refractivity contribution is 0.238. The van der Waals surface area contributed by atoms with Gasteiger partial charge in [0.05, 0.1) is 12.3 Å². The topological polar surface area (TPSA) is 43.4 Å². The number of benzene rings is 1. The third-order valence-corrected chi connectivity index (χ3v) is 3.52. The van der Waals surface area contributed by atoms with Crippen LogP contribution in [0.5, 0.6) is 11.5 Å². The number of nitrogens with zero attached hydrogens (tertiary/aromatic N) is 1. The van der Waals surface area contributed by atoms with Crippen LogP contribution >= 0.6 is 0 Å². The van der Waals surface area contributed by atoms with Crippen LogP contribution in [0.2, 0.25) is 0 Å². The summed E-state index contributed by atoms with van der Waals surface area (Å²) in [6.45, 7) is 6.35. The maximum atomic E-state index is 5.90. The number of anilines is 1. The highest BCUT2D eigenvalue weighted by atomic mass is 16.5. The first-order chi connectivity index (χ1) is 10.7. The highest BCUT2D eigenvalue weighted by Crippen LogP contribution is 2.28. The van der Waals surface area contributed by atoms with Gasteiger partial charge < -0.3 is 14.8 Å². The van der Waals surface area contributed by atoms with E-state index in [2.05, 4.69) is 30.2 Å². The molecule has 0 radical (unpaired) electrons. The van der Waals surface area contributed by atoms with Crippen molar-refractivity contribution in [3.05, 3.63) is 47.7 Å². The molecule has 1 N–H and O–H groups in total. The summed E-state index contributed by atoms with van der Waals surface area (Å²) < 4.78 is 11.7. The van der Waals surface area contributed by atoms with Crippen LogP contribution in [0.3, 0.4) is 0 Å². The van der Waals surface area contributed by atoms with Crippen molar-refractivity contribution in [2.75, 3.05) is 18.5 Å². The Morgan fingerprint density at radius 1 is 1.09 bits per heavy atom. The number of hydrogen-bond acceptors (Lipinski definition) is 4. The summed E-state index contributed by atoms with van der Waals surface area (Å²) in [5.74, 6) is 3.02. The second-order valence-electron chi connectivity index (χ2n) is 5.93. The Labute approximate surface area is 131 Å². The van der Waals surface area contributed by atoms with Gasteiger partial charge in [0.2, 0.25) is 0 Å². The SMILES string of the molecule is CC(C)COc1ccccc1OCc1ccc2c(n1)NCC2. The molecule has 0 saturated heterocycles. The lowest BCUT2D eigenvalue weighted by Gasteiger charge is -2.14. The molecule has 0 amide bonds. The summed E-state index contributed by atoms with van der Waals surface area (Å²) >= 11 is 0. The smallest absolute Gasteiger partial charge is 0.161 e. The van der Waals surface area contributed by atoms with Gasteiger partial charge in [0, 0.05) is 6.54 Å². The van der Waals surface area contributed by atoms with Gasteiger partial charge in [0.25, 0.3) is 0 Å². The van der Waals surface area contributed by atoms with Gasteiger partial charge in [0.1, 0.15) is 12.4 Å². The molecule has 2 heterocycles. The maximum Gasteiger partial charge on any atom is 0.161 e. The molecule has 0 atom stereocenters. The highest BCUT2D eigenvalue weighted by molar-refractivity contribution is 5.49. The predicted molar refractivity (Wildman–Crippen MR) is 87.5 cm³/mol. The molecule has 0 saturated carbocycles. The Morgan fingerprint density at radius 2 is 1.86 bits per heavy atom. The second kappa shape index (κ2) is 6.69. The van der Waals surface area contributed by atoms with Gasteiger partial charge in [-0.3, -0.25) is 0 Å². The third kappa shape index (κ3) is 3.50. The number of hydrogen-bond donors (Lipinski definition) is 1. The first-order valence-electron chi connectivity index (χ1n) is 7.79. The van der Waals surface area contributed by atoms with Crippen LogP contribution in [-0.2, 0) is 13.0 Å². The molecule has 1 aliphatic rings. The minimum Gasteiger partial charge on any atom is -0.489 e. The molecule has 0 spiro atoms. The molecule has 22 heavy (non-hydrogen) atoms. The molecule has 1 aromatic carbocycles. The summed E-state index contributed by atoms with van der Waals surface area (Å²) in [5.41, 5.74) is 2.20. The Morgan fingerprint density at radius 3 is 2.64 bits per heavy atom. The second-order valence-corrected chi connectivity index (χ2v) is 5.93. The van der Waals surface area contributed by atoms with Crippen LogP contribution in [0, 0.1) is 5.92 Å². The Kier molecular flexibility index (Phi) is 4.47. The van der Waals surface area contributed by atoms with E-state index in [1.165, 1.54) is 5.56 Å². The Bertz CT molecular complexity index is 641. The lowest BCUT2D eigenvalue weighted by atomic mass is 10.2. The van der Waals surface area contributed by atoms with Crippen LogP contribution in [0.4, 0.5) is 5.82 Å². The van der Waals surface area contributed by atoms with Gasteiger partial charge in [-0.2, -0.15) is 0 Å².